The summed E-state index contributed by atoms with van der Waals surface area (Å²) >= 11 is 1.43. The van der Waals surface area contributed by atoms with Crippen LogP contribution in [0.2, 0.25) is 0 Å². The van der Waals surface area contributed by atoms with E-state index in [9.17, 15) is 14.4 Å². The Hall–Kier alpha value is -3.92. The van der Waals surface area contributed by atoms with E-state index < -0.39 is 11.8 Å². The third kappa shape index (κ3) is 5.43. The van der Waals surface area contributed by atoms with Gasteiger partial charge in [0, 0.05) is 35.5 Å². The number of piperidine rings is 1. The number of nitrogens with zero attached hydrogens (tertiary/aromatic N) is 2. The lowest BCUT2D eigenvalue weighted by molar-refractivity contribution is 0.0712. The van der Waals surface area contributed by atoms with Gasteiger partial charge in [-0.2, -0.15) is 0 Å². The van der Waals surface area contributed by atoms with Gasteiger partial charge in [0.25, 0.3) is 11.8 Å². The van der Waals surface area contributed by atoms with Crippen LogP contribution in [0.4, 0.5) is 5.69 Å². The SMILES string of the molecule is COc1ccc(C(=O)N2CCC(c3nc(C(=O)Nc4cc(C(N)=O)ccc4OC)cs3)CC2)cc1. The average Bonchev–Trinajstić information content (AvgIpc) is 3.39. The fraction of sp³-hybridized carbons (Fsp3) is 0.280. The second kappa shape index (κ2) is 10.6. The molecule has 1 fully saturated rings. The van der Waals surface area contributed by atoms with Gasteiger partial charge in [0.1, 0.15) is 17.2 Å². The minimum absolute atomic E-state index is 0.00236. The molecule has 182 valence electrons. The molecule has 0 atom stereocenters. The molecular formula is C25H26N4O5S. The first-order valence-corrected chi connectivity index (χ1v) is 12.0. The highest BCUT2D eigenvalue weighted by Gasteiger charge is 2.27. The second-order valence-electron chi connectivity index (χ2n) is 8.10. The first kappa shape index (κ1) is 24.2. The lowest BCUT2D eigenvalue weighted by Gasteiger charge is -2.31. The van der Waals surface area contributed by atoms with E-state index in [-0.39, 0.29) is 23.1 Å². The van der Waals surface area contributed by atoms with Crippen molar-refractivity contribution in [2.75, 3.05) is 32.6 Å². The maximum atomic E-state index is 12.8. The van der Waals surface area contributed by atoms with E-state index >= 15 is 0 Å². The smallest absolute Gasteiger partial charge is 0.275 e. The molecule has 2 aromatic carbocycles. The molecule has 2 heterocycles. The van der Waals surface area contributed by atoms with Crippen molar-refractivity contribution >= 4 is 34.7 Å². The first-order valence-electron chi connectivity index (χ1n) is 11.1. The third-order valence-corrected chi connectivity index (χ3v) is 6.96. The number of nitrogens with two attached hydrogens (primary N) is 1. The Labute approximate surface area is 206 Å². The molecule has 10 heteroatoms. The molecule has 35 heavy (non-hydrogen) atoms. The number of rotatable bonds is 7. The molecule has 1 aliphatic rings. The Morgan fingerprint density at radius 2 is 1.71 bits per heavy atom. The van der Waals surface area contributed by atoms with E-state index in [0.717, 1.165) is 17.8 Å². The fourth-order valence-electron chi connectivity index (χ4n) is 3.97. The largest absolute Gasteiger partial charge is 0.497 e. The van der Waals surface area contributed by atoms with Crippen molar-refractivity contribution in [2.45, 2.75) is 18.8 Å². The van der Waals surface area contributed by atoms with E-state index in [1.807, 2.05) is 4.90 Å². The highest BCUT2D eigenvalue weighted by atomic mass is 32.1. The van der Waals surface area contributed by atoms with E-state index in [4.69, 9.17) is 15.2 Å². The summed E-state index contributed by atoms with van der Waals surface area (Å²) in [7, 11) is 3.06. The number of likely N-dealkylation sites (tertiary alicyclic amines) is 1. The third-order valence-electron chi connectivity index (χ3n) is 5.96. The summed E-state index contributed by atoms with van der Waals surface area (Å²) < 4.78 is 10.4. The highest BCUT2D eigenvalue weighted by Crippen LogP contribution is 2.32. The molecule has 1 aliphatic heterocycles. The zero-order valence-corrected chi connectivity index (χ0v) is 20.3. The lowest BCUT2D eigenvalue weighted by atomic mass is 9.97. The molecule has 9 nitrogen and oxygen atoms in total. The number of hydrogen-bond donors (Lipinski definition) is 2. The summed E-state index contributed by atoms with van der Waals surface area (Å²) in [4.78, 5) is 43.5. The Kier molecular flexibility index (Phi) is 7.31. The number of carbonyl (C=O) groups is 3. The Morgan fingerprint density at radius 1 is 1.03 bits per heavy atom. The van der Waals surface area contributed by atoms with Crippen molar-refractivity contribution in [3.8, 4) is 11.5 Å². The number of methoxy groups -OCH3 is 2. The molecule has 0 radical (unpaired) electrons. The van der Waals surface area contributed by atoms with Gasteiger partial charge >= 0.3 is 0 Å². The summed E-state index contributed by atoms with van der Waals surface area (Å²) in [6.45, 7) is 1.24. The van der Waals surface area contributed by atoms with Gasteiger partial charge in [0.05, 0.1) is 24.9 Å². The molecular weight excluding hydrogens is 468 g/mol. The van der Waals surface area contributed by atoms with Crippen molar-refractivity contribution in [3.05, 3.63) is 69.7 Å². The predicted molar refractivity (Wildman–Crippen MR) is 132 cm³/mol. The maximum Gasteiger partial charge on any atom is 0.275 e. The Bertz CT molecular complexity index is 1230. The number of nitrogens with one attached hydrogen (secondary N) is 1. The maximum absolute atomic E-state index is 12.8. The predicted octanol–water partition coefficient (Wildman–Crippen LogP) is 3.53. The summed E-state index contributed by atoms with van der Waals surface area (Å²) in [6, 6.07) is 11.7. The summed E-state index contributed by atoms with van der Waals surface area (Å²) in [6.07, 6.45) is 1.54. The number of ether oxygens (including phenoxy) is 2. The van der Waals surface area contributed by atoms with Gasteiger partial charge in [-0.1, -0.05) is 0 Å². The van der Waals surface area contributed by atoms with E-state index in [0.29, 0.717) is 35.8 Å². The molecule has 0 bridgehead atoms. The molecule has 0 saturated carbocycles. The Balaban J connectivity index is 1.38. The summed E-state index contributed by atoms with van der Waals surface area (Å²) in [5, 5.41) is 5.33. The zero-order valence-electron chi connectivity index (χ0n) is 19.4. The molecule has 0 spiro atoms. The standard InChI is InChI=1S/C25H26N4O5S/c1-33-18-6-3-16(4-7-18)25(32)29-11-9-15(10-12-29)24-28-20(14-35-24)23(31)27-19-13-17(22(26)30)5-8-21(19)34-2/h3-8,13-15H,9-12H2,1-2H3,(H2,26,30)(H,27,31). The number of hydrogen-bond acceptors (Lipinski definition) is 7. The second-order valence-corrected chi connectivity index (χ2v) is 8.99. The topological polar surface area (TPSA) is 124 Å². The van der Waals surface area contributed by atoms with Crippen LogP contribution in [0.1, 0.15) is 55.0 Å². The number of carbonyl (C=O) groups excluding carboxylic acids is 3. The summed E-state index contributed by atoms with van der Waals surface area (Å²) in [5.41, 5.74) is 6.86. The molecule has 4 rings (SSSR count). The molecule has 3 aromatic rings. The number of anilines is 1. The number of thiazole rings is 1. The van der Waals surface area contributed by atoms with Gasteiger partial charge in [-0.05, 0) is 55.3 Å². The Morgan fingerprint density at radius 3 is 2.34 bits per heavy atom. The van der Waals surface area contributed by atoms with Gasteiger partial charge in [-0.25, -0.2) is 4.98 Å². The van der Waals surface area contributed by atoms with Crippen molar-refractivity contribution in [1.82, 2.24) is 9.88 Å². The lowest BCUT2D eigenvalue weighted by Crippen LogP contribution is -2.37. The normalized spacial score (nSPS) is 13.8. The number of aromatic nitrogens is 1. The van der Waals surface area contributed by atoms with Crippen LogP contribution in [0.25, 0.3) is 0 Å². The van der Waals surface area contributed by atoms with Gasteiger partial charge in [0.2, 0.25) is 5.91 Å². The van der Waals surface area contributed by atoms with Crippen LogP contribution in [0.3, 0.4) is 0 Å². The summed E-state index contributed by atoms with van der Waals surface area (Å²) in [5.74, 6) is 0.290. The van der Waals surface area contributed by atoms with Gasteiger partial charge in [-0.3, -0.25) is 14.4 Å². The van der Waals surface area contributed by atoms with Crippen LogP contribution < -0.4 is 20.5 Å². The molecule has 1 saturated heterocycles. The van der Waals surface area contributed by atoms with E-state index in [1.54, 1.807) is 42.8 Å². The van der Waals surface area contributed by atoms with Crippen molar-refractivity contribution in [3.63, 3.8) is 0 Å². The van der Waals surface area contributed by atoms with Crippen LogP contribution in [0, 0.1) is 0 Å². The van der Waals surface area contributed by atoms with Gasteiger partial charge < -0.3 is 25.4 Å². The highest BCUT2D eigenvalue weighted by molar-refractivity contribution is 7.10. The van der Waals surface area contributed by atoms with Crippen molar-refractivity contribution in [2.24, 2.45) is 5.73 Å². The molecule has 3 N–H and O–H groups in total. The fourth-order valence-corrected chi connectivity index (χ4v) is 4.94. The molecule has 0 aliphatic carbocycles. The first-order chi connectivity index (χ1) is 16.9. The minimum atomic E-state index is -0.601. The quantitative estimate of drug-likeness (QED) is 0.518. The molecule has 3 amide bonds. The van der Waals surface area contributed by atoms with Crippen LogP contribution in [-0.4, -0.2) is 54.9 Å². The number of amides is 3. The van der Waals surface area contributed by atoms with Crippen LogP contribution >= 0.6 is 11.3 Å². The number of primary amides is 1. The average molecular weight is 495 g/mol. The van der Waals surface area contributed by atoms with Gasteiger partial charge in [-0.15, -0.1) is 11.3 Å². The minimum Gasteiger partial charge on any atom is -0.497 e. The van der Waals surface area contributed by atoms with E-state index in [2.05, 4.69) is 10.3 Å². The van der Waals surface area contributed by atoms with Crippen molar-refractivity contribution < 1.29 is 23.9 Å². The van der Waals surface area contributed by atoms with Crippen LogP contribution in [-0.2, 0) is 0 Å². The zero-order chi connectivity index (χ0) is 24.9. The van der Waals surface area contributed by atoms with Gasteiger partial charge in [0.15, 0.2) is 0 Å². The van der Waals surface area contributed by atoms with Crippen molar-refractivity contribution in [1.29, 1.82) is 0 Å². The van der Waals surface area contributed by atoms with Crippen LogP contribution in [0.15, 0.2) is 47.8 Å². The number of benzene rings is 2. The molecule has 0 unspecified atom stereocenters. The molecule has 1 aromatic heterocycles. The van der Waals surface area contributed by atoms with E-state index in [1.165, 1.54) is 30.6 Å². The monoisotopic (exact) mass is 494 g/mol. The van der Waals surface area contributed by atoms with Crippen LogP contribution in [0.5, 0.6) is 11.5 Å².